The molecule has 7 heteroatoms. The van der Waals surface area contributed by atoms with Crippen LogP contribution in [0.25, 0.3) is 17.0 Å². The number of carboxylic acid groups (broad SMARTS) is 1. The number of nitrogens with one attached hydrogen (secondary N) is 1. The number of aromatic nitrogens is 1. The molecule has 0 aliphatic carbocycles. The number of carboxylic acids is 1. The number of aliphatic carboxylic acids is 1. The van der Waals surface area contributed by atoms with Gasteiger partial charge in [0, 0.05) is 55.7 Å². The monoisotopic (exact) mass is 434 g/mol. The highest BCUT2D eigenvalue weighted by Gasteiger charge is 2.42. The zero-order valence-electron chi connectivity index (χ0n) is 17.4. The second kappa shape index (κ2) is 7.91. The van der Waals surface area contributed by atoms with Crippen molar-refractivity contribution in [2.45, 2.75) is 31.4 Å². The number of ether oxygens (including phenoxy) is 1. The summed E-state index contributed by atoms with van der Waals surface area (Å²) >= 11 is 0. The van der Waals surface area contributed by atoms with Crippen molar-refractivity contribution in [3.8, 4) is 5.75 Å². The highest BCUT2D eigenvalue weighted by atomic mass is 19.1. The molecule has 2 aliphatic rings. The van der Waals surface area contributed by atoms with Gasteiger partial charge in [0.05, 0.1) is 12.0 Å². The first-order valence-corrected chi connectivity index (χ1v) is 10.7. The number of carbonyl (C=O) groups excluding carboxylic acids is 1. The molecule has 2 aliphatic heterocycles. The highest BCUT2D eigenvalue weighted by Crippen LogP contribution is 2.40. The molecule has 1 aromatic heterocycles. The van der Waals surface area contributed by atoms with Gasteiger partial charge in [-0.1, -0.05) is 6.07 Å². The van der Waals surface area contributed by atoms with Crippen LogP contribution in [0.2, 0.25) is 0 Å². The number of hydrogen-bond acceptors (Lipinski definition) is 4. The summed E-state index contributed by atoms with van der Waals surface area (Å²) in [6.45, 7) is 2.36. The number of aromatic amines is 1. The van der Waals surface area contributed by atoms with Crippen molar-refractivity contribution in [3.63, 3.8) is 0 Å². The molecule has 3 aromatic rings. The molecular weight excluding hydrogens is 411 g/mol. The van der Waals surface area contributed by atoms with Crippen LogP contribution in [-0.4, -0.2) is 45.4 Å². The number of halogens is 1. The summed E-state index contributed by atoms with van der Waals surface area (Å²) in [5.74, 6) is -0.684. The molecule has 1 fully saturated rings. The van der Waals surface area contributed by atoms with Crippen LogP contribution in [0.15, 0.2) is 48.7 Å². The quantitative estimate of drug-likeness (QED) is 0.595. The van der Waals surface area contributed by atoms with E-state index < -0.39 is 11.6 Å². The maximum atomic E-state index is 13.4. The number of hydrogen-bond donors (Lipinski definition) is 2. The van der Waals surface area contributed by atoms with Gasteiger partial charge < -0.3 is 14.8 Å². The molecule has 0 saturated carbocycles. The lowest BCUT2D eigenvalue weighted by Crippen LogP contribution is -2.50. The van der Waals surface area contributed by atoms with E-state index in [2.05, 4.69) is 9.88 Å². The molecule has 6 nitrogen and oxygen atoms in total. The lowest BCUT2D eigenvalue weighted by molar-refractivity contribution is -0.131. The number of rotatable bonds is 4. The number of likely N-dealkylation sites (tertiary alicyclic amines) is 1. The zero-order valence-corrected chi connectivity index (χ0v) is 17.4. The van der Waals surface area contributed by atoms with Crippen LogP contribution >= 0.6 is 0 Å². The number of fused-ring (bicyclic) bond motifs is 2. The second-order valence-corrected chi connectivity index (χ2v) is 8.59. The van der Waals surface area contributed by atoms with E-state index in [0.29, 0.717) is 23.3 Å². The first-order valence-electron chi connectivity index (χ1n) is 10.7. The molecule has 0 atom stereocenters. The lowest BCUT2D eigenvalue weighted by atomic mass is 9.82. The fourth-order valence-electron chi connectivity index (χ4n) is 4.71. The fourth-order valence-corrected chi connectivity index (χ4v) is 4.71. The maximum Gasteiger partial charge on any atom is 0.328 e. The van der Waals surface area contributed by atoms with Crippen molar-refractivity contribution in [2.24, 2.45) is 0 Å². The van der Waals surface area contributed by atoms with Gasteiger partial charge in [-0.05, 0) is 47.5 Å². The molecule has 0 bridgehead atoms. The number of ketones is 1. The van der Waals surface area contributed by atoms with Crippen LogP contribution < -0.4 is 4.74 Å². The van der Waals surface area contributed by atoms with Crippen molar-refractivity contribution >= 4 is 28.7 Å². The second-order valence-electron chi connectivity index (χ2n) is 8.59. The van der Waals surface area contributed by atoms with E-state index in [4.69, 9.17) is 9.84 Å². The van der Waals surface area contributed by atoms with Crippen LogP contribution in [0, 0.1) is 5.82 Å². The number of benzene rings is 2. The van der Waals surface area contributed by atoms with Crippen LogP contribution in [-0.2, 0) is 11.3 Å². The molecule has 0 radical (unpaired) electrons. The molecule has 1 spiro atoms. The average molecular weight is 434 g/mol. The van der Waals surface area contributed by atoms with E-state index in [-0.39, 0.29) is 11.6 Å². The van der Waals surface area contributed by atoms with Crippen molar-refractivity contribution in [2.75, 3.05) is 13.1 Å². The van der Waals surface area contributed by atoms with E-state index >= 15 is 0 Å². The molecular formula is C25H23FN2O4. The van der Waals surface area contributed by atoms with Crippen LogP contribution in [0.3, 0.4) is 0 Å². The molecule has 32 heavy (non-hydrogen) atoms. The van der Waals surface area contributed by atoms with E-state index in [1.54, 1.807) is 18.2 Å². The Morgan fingerprint density at radius 3 is 2.81 bits per heavy atom. The predicted molar refractivity (Wildman–Crippen MR) is 118 cm³/mol. The average Bonchev–Trinajstić information content (AvgIpc) is 3.16. The molecule has 2 N–H and O–H groups in total. The largest absolute Gasteiger partial charge is 0.486 e. The third kappa shape index (κ3) is 3.91. The minimum atomic E-state index is -1.03. The van der Waals surface area contributed by atoms with Crippen LogP contribution in [0.5, 0.6) is 5.75 Å². The number of H-pyrrole nitrogens is 1. The van der Waals surface area contributed by atoms with Crippen LogP contribution in [0.1, 0.15) is 40.7 Å². The van der Waals surface area contributed by atoms with Gasteiger partial charge in [0.25, 0.3) is 0 Å². The summed E-state index contributed by atoms with van der Waals surface area (Å²) in [6, 6.07) is 10.0. The summed E-state index contributed by atoms with van der Waals surface area (Å²) < 4.78 is 19.8. The van der Waals surface area contributed by atoms with Gasteiger partial charge in [0.1, 0.15) is 17.2 Å². The first-order chi connectivity index (χ1) is 15.4. The Morgan fingerprint density at radius 1 is 1.22 bits per heavy atom. The third-order valence-corrected chi connectivity index (χ3v) is 6.42. The smallest absolute Gasteiger partial charge is 0.328 e. The Kier molecular flexibility index (Phi) is 5.06. The predicted octanol–water partition coefficient (Wildman–Crippen LogP) is 4.40. The van der Waals surface area contributed by atoms with Gasteiger partial charge >= 0.3 is 5.97 Å². The molecule has 2 aromatic carbocycles. The third-order valence-electron chi connectivity index (χ3n) is 6.42. The summed E-state index contributed by atoms with van der Waals surface area (Å²) in [6.07, 6.45) is 6.27. The Labute approximate surface area is 184 Å². The normalized spacial score (nSPS) is 18.2. The van der Waals surface area contributed by atoms with E-state index in [1.165, 1.54) is 18.2 Å². The highest BCUT2D eigenvalue weighted by molar-refractivity contribution is 6.01. The topological polar surface area (TPSA) is 82.6 Å². The van der Waals surface area contributed by atoms with Crippen molar-refractivity contribution < 1.29 is 23.8 Å². The van der Waals surface area contributed by atoms with Gasteiger partial charge in [-0.2, -0.15) is 0 Å². The summed E-state index contributed by atoms with van der Waals surface area (Å²) in [7, 11) is 0. The summed E-state index contributed by atoms with van der Waals surface area (Å²) in [4.78, 5) is 29.1. The Hall–Kier alpha value is -3.45. The van der Waals surface area contributed by atoms with Gasteiger partial charge in [0.15, 0.2) is 5.78 Å². The van der Waals surface area contributed by atoms with Crippen molar-refractivity contribution in [3.05, 3.63) is 71.2 Å². The van der Waals surface area contributed by atoms with Crippen molar-refractivity contribution in [1.82, 2.24) is 9.88 Å². The molecule has 5 rings (SSSR count). The Morgan fingerprint density at radius 2 is 2.03 bits per heavy atom. The minimum absolute atomic E-state index is 0.0314. The first kappa shape index (κ1) is 20.5. The molecule has 1 saturated heterocycles. The molecule has 3 heterocycles. The van der Waals surface area contributed by atoms with E-state index in [1.807, 2.05) is 12.3 Å². The fraction of sp³-hybridized carbons (Fsp3) is 0.280. The molecule has 0 unspecified atom stereocenters. The Bertz CT molecular complexity index is 1240. The SMILES string of the molecule is O=C(O)/C=C/c1ccc2c(c1)C(=O)CC1(CCN(Cc3c[nH]c4cc(F)ccc34)CC1)O2. The summed E-state index contributed by atoms with van der Waals surface area (Å²) in [5, 5.41) is 9.82. The number of piperidine rings is 1. The van der Waals surface area contributed by atoms with E-state index in [9.17, 15) is 14.0 Å². The number of nitrogens with zero attached hydrogens (tertiary/aromatic N) is 1. The van der Waals surface area contributed by atoms with Gasteiger partial charge in [-0.15, -0.1) is 0 Å². The maximum absolute atomic E-state index is 13.4. The van der Waals surface area contributed by atoms with E-state index in [0.717, 1.165) is 55.0 Å². The Balaban J connectivity index is 1.27. The molecule has 164 valence electrons. The van der Waals surface area contributed by atoms with Gasteiger partial charge in [-0.25, -0.2) is 9.18 Å². The zero-order chi connectivity index (χ0) is 22.3. The van der Waals surface area contributed by atoms with Crippen molar-refractivity contribution in [1.29, 1.82) is 0 Å². The minimum Gasteiger partial charge on any atom is -0.486 e. The number of carbonyl (C=O) groups is 2. The lowest BCUT2D eigenvalue weighted by Gasteiger charge is -2.44. The van der Waals surface area contributed by atoms with Crippen LogP contribution in [0.4, 0.5) is 4.39 Å². The van der Waals surface area contributed by atoms with Gasteiger partial charge in [-0.3, -0.25) is 9.69 Å². The van der Waals surface area contributed by atoms with Gasteiger partial charge in [0.2, 0.25) is 0 Å². The standard InChI is InChI=1S/C25H23FN2O4/c26-18-3-4-19-17(14-27-21(19)12-18)15-28-9-7-25(8-10-28)13-22(29)20-11-16(2-6-24(30)31)1-5-23(20)32-25/h1-6,11-12,14,27H,7-10,13,15H2,(H,30,31)/b6-2+. The summed E-state index contributed by atoms with van der Waals surface area (Å²) in [5.41, 5.74) is 2.60. The number of Topliss-reactive ketones (excluding diaryl/α,β-unsaturated/α-hetero) is 1. The molecule has 0 amide bonds.